The second kappa shape index (κ2) is 7.23. The van der Waals surface area contributed by atoms with Crippen LogP contribution in [0.25, 0.3) is 11.4 Å². The summed E-state index contributed by atoms with van der Waals surface area (Å²) in [7, 11) is -3.64. The topological polar surface area (TPSA) is 76.3 Å². The third-order valence-electron chi connectivity index (χ3n) is 5.69. The van der Waals surface area contributed by atoms with Crippen molar-refractivity contribution in [3.63, 3.8) is 0 Å². The van der Waals surface area contributed by atoms with Gasteiger partial charge in [0.2, 0.25) is 21.7 Å². The molecule has 0 spiro atoms. The fraction of sp³-hybridized carbons (Fsp3) is 0.333. The van der Waals surface area contributed by atoms with E-state index in [1.54, 1.807) is 18.2 Å². The molecule has 0 radical (unpaired) electrons. The molecule has 0 saturated carbocycles. The zero-order chi connectivity index (χ0) is 20.0. The van der Waals surface area contributed by atoms with E-state index in [-0.39, 0.29) is 0 Å². The van der Waals surface area contributed by atoms with Gasteiger partial charge >= 0.3 is 0 Å². The maximum atomic E-state index is 13.4. The lowest BCUT2D eigenvalue weighted by molar-refractivity contribution is 0.290. The number of rotatable bonds is 4. The Balaban J connectivity index is 1.46. The van der Waals surface area contributed by atoms with Crippen LogP contribution in [0.1, 0.15) is 42.3 Å². The minimum absolute atomic E-state index is 0.321. The zero-order valence-corrected chi connectivity index (χ0v) is 17.3. The average molecular weight is 430 g/mol. The van der Waals surface area contributed by atoms with Gasteiger partial charge in [-0.25, -0.2) is 8.42 Å². The number of nitrogens with zero attached hydrogens (tertiary/aromatic N) is 3. The summed E-state index contributed by atoms with van der Waals surface area (Å²) < 4.78 is 33.7. The van der Waals surface area contributed by atoms with Gasteiger partial charge < -0.3 is 4.52 Å². The molecule has 150 valence electrons. The van der Waals surface area contributed by atoms with Crippen LogP contribution in [0.15, 0.2) is 51.9 Å². The molecule has 1 aromatic heterocycles. The van der Waals surface area contributed by atoms with Gasteiger partial charge in [0.15, 0.2) is 0 Å². The standard InChI is InChI=1S/C21H20ClN3O3S/c22-17-7-2-6-16(12-17)20-23-21(28-24-20)19-8-3-11-25(19)29(26,27)18-10-9-14-4-1-5-15(14)13-18/h2,6-7,9-10,12-13,19H,1,3-5,8,11H2/t19-/m0/s1. The summed E-state index contributed by atoms with van der Waals surface area (Å²) in [5.41, 5.74) is 3.13. The summed E-state index contributed by atoms with van der Waals surface area (Å²) in [6.45, 7) is 0.443. The van der Waals surface area contributed by atoms with Crippen LogP contribution in [0.5, 0.6) is 0 Å². The molecule has 1 aliphatic heterocycles. The number of benzene rings is 2. The normalized spacial score (nSPS) is 19.6. The van der Waals surface area contributed by atoms with Crippen molar-refractivity contribution in [3.8, 4) is 11.4 Å². The molecule has 2 heterocycles. The average Bonchev–Trinajstić information content (AvgIpc) is 3.46. The van der Waals surface area contributed by atoms with E-state index in [2.05, 4.69) is 10.1 Å². The molecule has 3 aromatic rings. The lowest BCUT2D eigenvalue weighted by atomic mass is 10.1. The monoisotopic (exact) mass is 429 g/mol. The maximum Gasteiger partial charge on any atom is 0.245 e. The number of hydrogen-bond acceptors (Lipinski definition) is 5. The van der Waals surface area contributed by atoms with E-state index in [9.17, 15) is 8.42 Å². The molecule has 0 amide bonds. The lowest BCUT2D eigenvalue weighted by Gasteiger charge is -2.21. The first kappa shape index (κ1) is 18.8. The van der Waals surface area contributed by atoms with Gasteiger partial charge in [-0.2, -0.15) is 9.29 Å². The molecule has 5 rings (SSSR count). The molecule has 8 heteroatoms. The molecule has 0 bridgehead atoms. The fourth-order valence-corrected chi connectivity index (χ4v) is 6.13. The first-order valence-corrected chi connectivity index (χ1v) is 11.6. The quantitative estimate of drug-likeness (QED) is 0.614. The molecule has 1 saturated heterocycles. The van der Waals surface area contributed by atoms with Crippen molar-refractivity contribution < 1.29 is 12.9 Å². The van der Waals surface area contributed by atoms with E-state index in [0.717, 1.165) is 36.8 Å². The fourth-order valence-electron chi connectivity index (χ4n) is 4.23. The molecule has 2 aromatic carbocycles. The first-order chi connectivity index (χ1) is 14.0. The van der Waals surface area contributed by atoms with Gasteiger partial charge in [-0.3, -0.25) is 0 Å². The molecule has 6 nitrogen and oxygen atoms in total. The van der Waals surface area contributed by atoms with Gasteiger partial charge in [-0.1, -0.05) is 35.0 Å². The van der Waals surface area contributed by atoms with Crippen molar-refractivity contribution in [2.45, 2.75) is 43.0 Å². The summed E-state index contributed by atoms with van der Waals surface area (Å²) in [6.07, 6.45) is 4.45. The maximum absolute atomic E-state index is 13.4. The Morgan fingerprint density at radius 1 is 1.07 bits per heavy atom. The Labute approximate surface area is 174 Å². The minimum atomic E-state index is -3.64. The van der Waals surface area contributed by atoms with Crippen LogP contribution in [0.3, 0.4) is 0 Å². The van der Waals surface area contributed by atoms with Gasteiger partial charge in [-0.05, 0) is 67.5 Å². The highest BCUT2D eigenvalue weighted by Gasteiger charge is 2.39. The third kappa shape index (κ3) is 3.37. The van der Waals surface area contributed by atoms with Crippen LogP contribution in [0, 0.1) is 0 Å². The highest BCUT2D eigenvalue weighted by Crippen LogP contribution is 2.37. The summed E-state index contributed by atoms with van der Waals surface area (Å²) in [6, 6.07) is 12.2. The van der Waals surface area contributed by atoms with Gasteiger partial charge in [0, 0.05) is 17.1 Å². The molecule has 1 atom stereocenters. The smallest absolute Gasteiger partial charge is 0.245 e. The van der Waals surface area contributed by atoms with E-state index in [4.69, 9.17) is 16.1 Å². The van der Waals surface area contributed by atoms with E-state index >= 15 is 0 Å². The van der Waals surface area contributed by atoms with Crippen molar-refractivity contribution in [1.82, 2.24) is 14.4 Å². The Morgan fingerprint density at radius 3 is 2.79 bits per heavy atom. The summed E-state index contributed by atoms with van der Waals surface area (Å²) in [4.78, 5) is 4.82. The molecular formula is C21H20ClN3O3S. The van der Waals surface area contributed by atoms with Crippen molar-refractivity contribution >= 4 is 21.6 Å². The van der Waals surface area contributed by atoms with Crippen LogP contribution >= 0.6 is 11.6 Å². The number of aromatic nitrogens is 2. The van der Waals surface area contributed by atoms with Crippen molar-refractivity contribution in [3.05, 3.63) is 64.5 Å². The largest absolute Gasteiger partial charge is 0.337 e. The third-order valence-corrected chi connectivity index (χ3v) is 7.83. The van der Waals surface area contributed by atoms with E-state index in [1.807, 2.05) is 24.3 Å². The SMILES string of the molecule is O=S(=O)(c1ccc2c(c1)CCC2)N1CCC[C@H]1c1nc(-c2cccc(Cl)c2)no1. The molecule has 1 fully saturated rings. The van der Waals surface area contributed by atoms with Crippen LogP contribution in [-0.4, -0.2) is 29.4 Å². The molecule has 2 aliphatic rings. The Bertz CT molecular complexity index is 1180. The van der Waals surface area contributed by atoms with Gasteiger partial charge in [0.05, 0.1) is 4.90 Å². The van der Waals surface area contributed by atoms with Gasteiger partial charge in [0.1, 0.15) is 6.04 Å². The Kier molecular flexibility index (Phi) is 4.69. The van der Waals surface area contributed by atoms with Crippen molar-refractivity contribution in [2.75, 3.05) is 6.54 Å². The van der Waals surface area contributed by atoms with Crippen LogP contribution in [-0.2, 0) is 22.9 Å². The predicted molar refractivity (Wildman–Crippen MR) is 109 cm³/mol. The second-order valence-electron chi connectivity index (χ2n) is 7.52. The number of halogens is 1. The Hall–Kier alpha value is -2.22. The van der Waals surface area contributed by atoms with Crippen LogP contribution in [0.2, 0.25) is 5.02 Å². The van der Waals surface area contributed by atoms with E-state index in [0.29, 0.717) is 34.6 Å². The first-order valence-electron chi connectivity index (χ1n) is 9.75. The van der Waals surface area contributed by atoms with Gasteiger partial charge in [-0.15, -0.1) is 0 Å². The van der Waals surface area contributed by atoms with Crippen LogP contribution < -0.4 is 0 Å². The van der Waals surface area contributed by atoms with Crippen molar-refractivity contribution in [1.29, 1.82) is 0 Å². The lowest BCUT2D eigenvalue weighted by Crippen LogP contribution is -2.31. The van der Waals surface area contributed by atoms with Gasteiger partial charge in [0.25, 0.3) is 0 Å². The number of fused-ring (bicyclic) bond motifs is 1. The highest BCUT2D eigenvalue weighted by atomic mass is 35.5. The van der Waals surface area contributed by atoms with E-state index < -0.39 is 16.1 Å². The number of hydrogen-bond donors (Lipinski definition) is 0. The number of sulfonamides is 1. The van der Waals surface area contributed by atoms with Crippen LogP contribution in [0.4, 0.5) is 0 Å². The molecule has 29 heavy (non-hydrogen) atoms. The second-order valence-corrected chi connectivity index (χ2v) is 9.85. The predicted octanol–water partition coefficient (Wildman–Crippen LogP) is 4.40. The zero-order valence-electron chi connectivity index (χ0n) is 15.7. The summed E-state index contributed by atoms with van der Waals surface area (Å²) >= 11 is 6.05. The molecule has 0 unspecified atom stereocenters. The summed E-state index contributed by atoms with van der Waals surface area (Å²) in [5, 5.41) is 4.62. The summed E-state index contributed by atoms with van der Waals surface area (Å²) in [5.74, 6) is 0.728. The number of aryl methyl sites for hydroxylation is 2. The van der Waals surface area contributed by atoms with E-state index in [1.165, 1.54) is 9.87 Å². The Morgan fingerprint density at radius 2 is 1.93 bits per heavy atom. The molecular weight excluding hydrogens is 410 g/mol. The highest BCUT2D eigenvalue weighted by molar-refractivity contribution is 7.89. The minimum Gasteiger partial charge on any atom is -0.337 e. The van der Waals surface area contributed by atoms with Crippen molar-refractivity contribution in [2.24, 2.45) is 0 Å². The molecule has 1 aliphatic carbocycles. The molecule has 0 N–H and O–H groups in total.